The number of nitrogens with two attached hydrogens (primary N) is 1. The molecule has 4 N–H and O–H groups in total. The highest BCUT2D eigenvalue weighted by Gasteiger charge is 2.26. The molecule has 1 fully saturated rings. The number of amides is 1. The Labute approximate surface area is 124 Å². The summed E-state index contributed by atoms with van der Waals surface area (Å²) < 4.78 is 0. The van der Waals surface area contributed by atoms with Crippen LogP contribution in [-0.2, 0) is 4.79 Å². The number of hydrogen-bond acceptors (Lipinski definition) is 7. The van der Waals surface area contributed by atoms with Crippen LogP contribution >= 0.6 is 0 Å². The Kier molecular flexibility index (Phi) is 4.77. The molecule has 21 heavy (non-hydrogen) atoms. The summed E-state index contributed by atoms with van der Waals surface area (Å²) in [4.78, 5) is 26.4. The maximum Gasteiger partial charge on any atom is 0.242 e. The molecule has 0 radical (unpaired) electrons. The van der Waals surface area contributed by atoms with Crippen molar-refractivity contribution >= 4 is 23.8 Å². The van der Waals surface area contributed by atoms with Gasteiger partial charge in [0.25, 0.3) is 0 Å². The second-order valence-corrected chi connectivity index (χ2v) is 5.14. The third kappa shape index (κ3) is 4.17. The summed E-state index contributed by atoms with van der Waals surface area (Å²) in [5.41, 5.74) is 5.72. The average molecular weight is 293 g/mol. The molecule has 8 nitrogen and oxygen atoms in total. The Morgan fingerprint density at radius 2 is 2.00 bits per heavy atom. The van der Waals surface area contributed by atoms with Crippen molar-refractivity contribution in [2.24, 2.45) is 0 Å². The first-order valence-electron chi connectivity index (χ1n) is 7.36. The molecule has 8 heteroatoms. The second kappa shape index (κ2) is 6.55. The van der Waals surface area contributed by atoms with E-state index in [1.807, 2.05) is 18.7 Å². The Bertz CT molecular complexity index is 499. The molecule has 1 heterocycles. The average Bonchev–Trinajstić information content (AvgIpc) is 3.23. The van der Waals surface area contributed by atoms with Crippen LogP contribution in [0.15, 0.2) is 0 Å². The molecule has 1 aliphatic rings. The zero-order valence-corrected chi connectivity index (χ0v) is 12.8. The van der Waals surface area contributed by atoms with Gasteiger partial charge in [-0.1, -0.05) is 0 Å². The van der Waals surface area contributed by atoms with E-state index in [1.165, 1.54) is 0 Å². The van der Waals surface area contributed by atoms with E-state index in [0.717, 1.165) is 25.9 Å². The lowest BCUT2D eigenvalue weighted by Gasteiger charge is -2.20. The van der Waals surface area contributed by atoms with E-state index >= 15 is 0 Å². The fourth-order valence-electron chi connectivity index (χ4n) is 1.91. The van der Waals surface area contributed by atoms with Crippen molar-refractivity contribution in [3.05, 3.63) is 0 Å². The molecule has 1 unspecified atom stereocenters. The van der Waals surface area contributed by atoms with Gasteiger partial charge in [-0.15, -0.1) is 0 Å². The Morgan fingerprint density at radius 1 is 1.33 bits per heavy atom. The molecule has 1 aromatic heterocycles. The lowest BCUT2D eigenvalue weighted by atomic mass is 10.3. The van der Waals surface area contributed by atoms with Crippen LogP contribution in [0.1, 0.15) is 33.6 Å². The Hall–Kier alpha value is -2.12. The van der Waals surface area contributed by atoms with Crippen molar-refractivity contribution in [1.29, 1.82) is 0 Å². The largest absolute Gasteiger partial charge is 0.368 e. The monoisotopic (exact) mass is 293 g/mol. The first-order valence-corrected chi connectivity index (χ1v) is 7.36. The number of anilines is 3. The maximum atomic E-state index is 11.9. The van der Waals surface area contributed by atoms with Crippen LogP contribution in [0.5, 0.6) is 0 Å². The minimum Gasteiger partial charge on any atom is -0.368 e. The summed E-state index contributed by atoms with van der Waals surface area (Å²) in [6.07, 6.45) is 2.12. The molecular formula is C13H23N7O. The van der Waals surface area contributed by atoms with Gasteiger partial charge in [0.2, 0.25) is 23.8 Å². The van der Waals surface area contributed by atoms with Crippen LogP contribution in [0.3, 0.4) is 0 Å². The van der Waals surface area contributed by atoms with E-state index in [4.69, 9.17) is 5.73 Å². The summed E-state index contributed by atoms with van der Waals surface area (Å²) >= 11 is 0. The van der Waals surface area contributed by atoms with Gasteiger partial charge in [-0.25, -0.2) is 0 Å². The molecule has 0 aromatic carbocycles. The van der Waals surface area contributed by atoms with Crippen LogP contribution in [0.25, 0.3) is 0 Å². The first-order chi connectivity index (χ1) is 10.0. The van der Waals surface area contributed by atoms with Gasteiger partial charge in [-0.3, -0.25) is 4.79 Å². The van der Waals surface area contributed by atoms with Crippen molar-refractivity contribution in [3.8, 4) is 0 Å². The van der Waals surface area contributed by atoms with Gasteiger partial charge in [-0.05, 0) is 33.6 Å². The van der Waals surface area contributed by atoms with Crippen molar-refractivity contribution in [3.63, 3.8) is 0 Å². The molecule has 0 spiro atoms. The Balaban J connectivity index is 2.06. The van der Waals surface area contributed by atoms with Crippen molar-refractivity contribution < 1.29 is 4.79 Å². The van der Waals surface area contributed by atoms with E-state index in [-0.39, 0.29) is 11.9 Å². The normalized spacial score (nSPS) is 15.4. The van der Waals surface area contributed by atoms with Crippen LogP contribution < -0.4 is 21.3 Å². The summed E-state index contributed by atoms with van der Waals surface area (Å²) in [5.74, 6) is 0.928. The van der Waals surface area contributed by atoms with Gasteiger partial charge in [-0.2, -0.15) is 15.0 Å². The highest BCUT2D eigenvalue weighted by molar-refractivity contribution is 5.84. The van der Waals surface area contributed by atoms with E-state index < -0.39 is 6.04 Å². The standard InChI is InChI=1S/C13H23N7O/c1-4-20(5-2)13-18-11(14)17-12(19-13)15-8(3)10(21)16-9-6-7-9/h8-9H,4-7H2,1-3H3,(H,16,21)(H3,14,15,17,18,19). The maximum absolute atomic E-state index is 11.9. The van der Waals surface area contributed by atoms with Gasteiger partial charge in [0.15, 0.2) is 0 Å². The molecule has 116 valence electrons. The fourth-order valence-corrected chi connectivity index (χ4v) is 1.91. The lowest BCUT2D eigenvalue weighted by molar-refractivity contribution is -0.121. The number of aromatic nitrogens is 3. The SMILES string of the molecule is CCN(CC)c1nc(N)nc(NC(C)C(=O)NC2CC2)n1. The molecule has 1 aromatic rings. The third-order valence-electron chi connectivity index (χ3n) is 3.35. The quantitative estimate of drug-likeness (QED) is 0.666. The van der Waals surface area contributed by atoms with Gasteiger partial charge in [0.1, 0.15) is 6.04 Å². The van der Waals surface area contributed by atoms with Crippen LogP contribution in [0.4, 0.5) is 17.8 Å². The third-order valence-corrected chi connectivity index (χ3v) is 3.35. The minimum absolute atomic E-state index is 0.0547. The second-order valence-electron chi connectivity index (χ2n) is 5.14. The van der Waals surface area contributed by atoms with Crippen molar-refractivity contribution in [2.75, 3.05) is 29.0 Å². The van der Waals surface area contributed by atoms with E-state index in [2.05, 4.69) is 25.6 Å². The summed E-state index contributed by atoms with van der Waals surface area (Å²) in [6, 6.07) is -0.0895. The summed E-state index contributed by atoms with van der Waals surface area (Å²) in [7, 11) is 0. The van der Waals surface area contributed by atoms with E-state index in [1.54, 1.807) is 6.92 Å². The highest BCUT2D eigenvalue weighted by atomic mass is 16.2. The topological polar surface area (TPSA) is 109 Å². The van der Waals surface area contributed by atoms with Crippen molar-refractivity contribution in [2.45, 2.75) is 45.7 Å². The highest BCUT2D eigenvalue weighted by Crippen LogP contribution is 2.19. The zero-order chi connectivity index (χ0) is 15.4. The van der Waals surface area contributed by atoms with Gasteiger partial charge in [0.05, 0.1) is 0 Å². The van der Waals surface area contributed by atoms with E-state index in [9.17, 15) is 4.79 Å². The molecule has 1 amide bonds. The smallest absolute Gasteiger partial charge is 0.242 e. The summed E-state index contributed by atoms with van der Waals surface area (Å²) in [5, 5.41) is 5.91. The van der Waals surface area contributed by atoms with Gasteiger partial charge in [0, 0.05) is 19.1 Å². The number of carbonyl (C=O) groups is 1. The number of carbonyl (C=O) groups excluding carboxylic acids is 1. The summed E-state index contributed by atoms with van der Waals surface area (Å²) in [6.45, 7) is 7.35. The molecular weight excluding hydrogens is 270 g/mol. The first kappa shape index (κ1) is 15.3. The minimum atomic E-state index is -0.419. The molecule has 0 bridgehead atoms. The van der Waals surface area contributed by atoms with Gasteiger partial charge < -0.3 is 21.3 Å². The number of nitrogens with zero attached hydrogens (tertiary/aromatic N) is 4. The number of rotatable bonds is 7. The van der Waals surface area contributed by atoms with Crippen LogP contribution in [-0.4, -0.2) is 46.0 Å². The van der Waals surface area contributed by atoms with Crippen LogP contribution in [0, 0.1) is 0 Å². The number of nitrogen functional groups attached to an aromatic ring is 1. The number of nitrogens with one attached hydrogen (secondary N) is 2. The fraction of sp³-hybridized carbons (Fsp3) is 0.692. The van der Waals surface area contributed by atoms with Gasteiger partial charge >= 0.3 is 0 Å². The van der Waals surface area contributed by atoms with E-state index in [0.29, 0.717) is 17.9 Å². The molecule has 0 saturated heterocycles. The van der Waals surface area contributed by atoms with Crippen molar-refractivity contribution in [1.82, 2.24) is 20.3 Å². The van der Waals surface area contributed by atoms with Crippen LogP contribution in [0.2, 0.25) is 0 Å². The molecule has 1 atom stereocenters. The molecule has 0 aliphatic heterocycles. The zero-order valence-electron chi connectivity index (χ0n) is 12.8. The Morgan fingerprint density at radius 3 is 2.57 bits per heavy atom. The predicted octanol–water partition coefficient (Wildman–Crippen LogP) is 0.379. The molecule has 1 saturated carbocycles. The molecule has 1 aliphatic carbocycles. The number of hydrogen-bond donors (Lipinski definition) is 3. The predicted molar refractivity (Wildman–Crippen MR) is 82.0 cm³/mol. The lowest BCUT2D eigenvalue weighted by Crippen LogP contribution is -2.39. The molecule has 2 rings (SSSR count).